The Labute approximate surface area is 132 Å². The monoisotopic (exact) mass is 393 g/mol. The maximum atomic E-state index is 12.5. The summed E-state index contributed by atoms with van der Waals surface area (Å²) in [6.07, 6.45) is 1.63. The average Bonchev–Trinajstić information content (AvgIpc) is 2.72. The van der Waals surface area contributed by atoms with E-state index in [1.807, 2.05) is 36.4 Å². The number of benzene rings is 1. The summed E-state index contributed by atoms with van der Waals surface area (Å²) in [6.45, 7) is 0. The van der Waals surface area contributed by atoms with E-state index in [9.17, 15) is 4.79 Å². The number of hydrogen-bond donors (Lipinski definition) is 0. The molecule has 0 spiro atoms. The third-order valence-electron chi connectivity index (χ3n) is 2.87. The molecule has 0 aliphatic carbocycles. The van der Waals surface area contributed by atoms with Gasteiger partial charge in [0, 0.05) is 11.8 Å². The van der Waals surface area contributed by atoms with Crippen molar-refractivity contribution in [1.82, 2.24) is 4.98 Å². The third-order valence-corrected chi connectivity index (χ3v) is 4.30. The molecule has 1 aromatic heterocycles. The zero-order chi connectivity index (χ0) is 14.2. The lowest BCUT2D eigenvalue weighted by molar-refractivity contribution is -0.116. The van der Waals surface area contributed by atoms with Crippen molar-refractivity contribution in [2.45, 2.75) is 3.23 Å². The van der Waals surface area contributed by atoms with Crippen molar-refractivity contribution < 1.29 is 4.79 Å². The van der Waals surface area contributed by atoms with E-state index in [-0.39, 0.29) is 5.91 Å². The molecule has 1 amide bonds. The van der Waals surface area contributed by atoms with Gasteiger partial charge in [-0.05, 0) is 12.1 Å². The summed E-state index contributed by atoms with van der Waals surface area (Å²) in [5, 5.41) is 5.70. The number of amides is 1. The van der Waals surface area contributed by atoms with Crippen LogP contribution in [-0.4, -0.2) is 19.8 Å². The summed E-state index contributed by atoms with van der Waals surface area (Å²) in [6, 6.07) is 14.9. The van der Waals surface area contributed by atoms with Gasteiger partial charge >= 0.3 is 0 Å². The molecule has 0 unspecified atom stereocenters. The molecule has 0 saturated heterocycles. The van der Waals surface area contributed by atoms with Gasteiger partial charge in [0.2, 0.25) is 3.23 Å². The summed E-state index contributed by atoms with van der Waals surface area (Å²) >= 11 is 6.83. The number of hydrazone groups is 1. The second-order valence-corrected chi connectivity index (χ2v) is 7.64. The number of nitrogens with zero attached hydrogens (tertiary/aromatic N) is 3. The molecule has 1 aliphatic rings. The van der Waals surface area contributed by atoms with Gasteiger partial charge in [-0.2, -0.15) is 10.1 Å². The van der Waals surface area contributed by atoms with Crippen LogP contribution in [0.3, 0.4) is 0 Å². The quantitative estimate of drug-likeness (QED) is 0.733. The van der Waals surface area contributed by atoms with Gasteiger partial charge in [0.1, 0.15) is 5.71 Å². The minimum atomic E-state index is -1.03. The van der Waals surface area contributed by atoms with E-state index in [0.29, 0.717) is 11.5 Å². The highest BCUT2D eigenvalue weighted by molar-refractivity contribution is 9.26. The largest absolute Gasteiger partial charge is 0.282 e. The number of carbonyl (C=O) groups is 1. The van der Waals surface area contributed by atoms with E-state index in [1.165, 1.54) is 5.01 Å². The Bertz CT molecular complexity index is 671. The number of rotatable bonds is 2. The maximum Gasteiger partial charge on any atom is 0.282 e. The molecule has 0 radical (unpaired) electrons. The van der Waals surface area contributed by atoms with Crippen LogP contribution in [0.15, 0.2) is 59.8 Å². The van der Waals surface area contributed by atoms with Crippen LogP contribution in [0.25, 0.3) is 0 Å². The van der Waals surface area contributed by atoms with Crippen molar-refractivity contribution >= 4 is 49.3 Å². The SMILES string of the molecule is O=C1N(c2ccccn2)N=C(c2ccccc2)C1(Br)Br. The lowest BCUT2D eigenvalue weighted by atomic mass is 10.1. The Hall–Kier alpha value is -1.53. The first kappa shape index (κ1) is 13.5. The summed E-state index contributed by atoms with van der Waals surface area (Å²) in [7, 11) is 0. The van der Waals surface area contributed by atoms with Gasteiger partial charge in [-0.25, -0.2) is 4.98 Å². The summed E-state index contributed by atoms with van der Waals surface area (Å²) in [4.78, 5) is 16.7. The Balaban J connectivity index is 2.08. The molecule has 1 aromatic carbocycles. The Morgan fingerprint density at radius 2 is 1.70 bits per heavy atom. The van der Waals surface area contributed by atoms with Crippen molar-refractivity contribution in [3.63, 3.8) is 0 Å². The predicted octanol–water partition coefficient (Wildman–Crippen LogP) is 3.32. The van der Waals surface area contributed by atoms with Gasteiger partial charge in [-0.1, -0.05) is 68.3 Å². The number of aromatic nitrogens is 1. The zero-order valence-electron chi connectivity index (χ0n) is 10.2. The lowest BCUT2D eigenvalue weighted by Gasteiger charge is -2.15. The van der Waals surface area contributed by atoms with Crippen LogP contribution in [0, 0.1) is 0 Å². The highest BCUT2D eigenvalue weighted by atomic mass is 79.9. The first-order valence-corrected chi connectivity index (χ1v) is 7.47. The summed E-state index contributed by atoms with van der Waals surface area (Å²) in [5.41, 5.74) is 1.47. The van der Waals surface area contributed by atoms with Gasteiger partial charge in [0.15, 0.2) is 5.82 Å². The second-order valence-electron chi connectivity index (χ2n) is 4.19. The van der Waals surface area contributed by atoms with Crippen molar-refractivity contribution in [3.8, 4) is 0 Å². The topological polar surface area (TPSA) is 45.6 Å². The minimum Gasteiger partial charge on any atom is -0.269 e. The van der Waals surface area contributed by atoms with Gasteiger partial charge in [-0.3, -0.25) is 4.79 Å². The summed E-state index contributed by atoms with van der Waals surface area (Å²) < 4.78 is -1.03. The van der Waals surface area contributed by atoms with E-state index in [4.69, 9.17) is 0 Å². The molecular formula is C14H9Br2N3O. The van der Waals surface area contributed by atoms with Crippen LogP contribution < -0.4 is 5.01 Å². The molecule has 3 rings (SSSR count). The molecule has 0 fully saturated rings. The molecular weight excluding hydrogens is 386 g/mol. The van der Waals surface area contributed by atoms with E-state index in [2.05, 4.69) is 41.9 Å². The van der Waals surface area contributed by atoms with Gasteiger partial charge < -0.3 is 0 Å². The maximum absolute atomic E-state index is 12.5. The van der Waals surface area contributed by atoms with Crippen molar-refractivity contribution in [1.29, 1.82) is 0 Å². The standard InChI is InChI=1S/C14H9Br2N3O/c15-14(16)12(10-6-2-1-3-7-10)18-19(13(14)20)11-8-4-5-9-17-11/h1-9H. The number of pyridine rings is 1. The normalized spacial score (nSPS) is 17.2. The fraction of sp³-hybridized carbons (Fsp3) is 0.0714. The minimum absolute atomic E-state index is 0.227. The molecule has 0 saturated carbocycles. The number of carbonyl (C=O) groups excluding carboxylic acids is 1. The molecule has 2 aromatic rings. The summed E-state index contributed by atoms with van der Waals surface area (Å²) in [5.74, 6) is 0.266. The van der Waals surface area contributed by atoms with Crippen LogP contribution in [-0.2, 0) is 4.79 Å². The molecule has 0 bridgehead atoms. The first-order valence-electron chi connectivity index (χ1n) is 5.88. The number of halogens is 2. The van der Waals surface area contributed by atoms with Gasteiger partial charge in [-0.15, -0.1) is 0 Å². The Kier molecular flexibility index (Phi) is 3.43. The number of hydrogen-bond acceptors (Lipinski definition) is 3. The van der Waals surface area contributed by atoms with Crippen LogP contribution in [0.1, 0.15) is 5.56 Å². The molecule has 1 aliphatic heterocycles. The van der Waals surface area contributed by atoms with E-state index < -0.39 is 3.23 Å². The van der Waals surface area contributed by atoms with Crippen molar-refractivity contribution in [2.24, 2.45) is 5.10 Å². The molecule has 0 N–H and O–H groups in total. The Morgan fingerprint density at radius 1 is 1.00 bits per heavy atom. The second kappa shape index (κ2) is 5.10. The van der Waals surface area contributed by atoms with E-state index >= 15 is 0 Å². The molecule has 100 valence electrons. The van der Waals surface area contributed by atoms with Crippen LogP contribution in [0.4, 0.5) is 5.82 Å². The van der Waals surface area contributed by atoms with E-state index in [0.717, 1.165) is 5.56 Å². The lowest BCUT2D eigenvalue weighted by Crippen LogP contribution is -2.36. The molecule has 20 heavy (non-hydrogen) atoms. The fourth-order valence-corrected chi connectivity index (χ4v) is 2.86. The highest BCUT2D eigenvalue weighted by Gasteiger charge is 2.48. The van der Waals surface area contributed by atoms with Crippen molar-refractivity contribution in [2.75, 3.05) is 5.01 Å². The number of alkyl halides is 2. The van der Waals surface area contributed by atoms with E-state index in [1.54, 1.807) is 18.3 Å². The molecule has 4 nitrogen and oxygen atoms in total. The first-order chi connectivity index (χ1) is 9.60. The van der Waals surface area contributed by atoms with Crippen LogP contribution in [0.2, 0.25) is 0 Å². The van der Waals surface area contributed by atoms with Crippen LogP contribution >= 0.6 is 31.9 Å². The molecule has 0 atom stereocenters. The predicted molar refractivity (Wildman–Crippen MR) is 85.3 cm³/mol. The van der Waals surface area contributed by atoms with Gasteiger partial charge in [0.25, 0.3) is 5.91 Å². The smallest absolute Gasteiger partial charge is 0.269 e. The molecule has 6 heteroatoms. The molecule has 2 heterocycles. The zero-order valence-corrected chi connectivity index (χ0v) is 13.4. The van der Waals surface area contributed by atoms with Crippen LogP contribution in [0.5, 0.6) is 0 Å². The average molecular weight is 395 g/mol. The van der Waals surface area contributed by atoms with Crippen molar-refractivity contribution in [3.05, 3.63) is 60.3 Å². The third kappa shape index (κ3) is 2.19. The Morgan fingerprint density at radius 3 is 2.35 bits per heavy atom. The van der Waals surface area contributed by atoms with Gasteiger partial charge in [0.05, 0.1) is 0 Å². The number of anilines is 1. The highest BCUT2D eigenvalue weighted by Crippen LogP contribution is 2.39. The fourth-order valence-electron chi connectivity index (χ4n) is 1.91.